The van der Waals surface area contributed by atoms with Gasteiger partial charge in [0.15, 0.2) is 0 Å². The Labute approximate surface area is 108 Å². The molecular formula is C12H11IN2O. The van der Waals surface area contributed by atoms with Gasteiger partial charge in [-0.1, -0.05) is 12.1 Å². The number of hydrogen-bond acceptors (Lipinski definition) is 1. The molecule has 0 saturated heterocycles. The molecule has 0 aliphatic rings. The van der Waals surface area contributed by atoms with E-state index in [1.54, 1.807) is 30.4 Å². The van der Waals surface area contributed by atoms with Gasteiger partial charge in [-0.15, -0.1) is 0 Å². The Hall–Kier alpha value is -1.30. The lowest BCUT2D eigenvalue weighted by molar-refractivity contribution is 0.0993. The number of nitrogens with zero attached hydrogens (tertiary/aromatic N) is 1. The quantitative estimate of drug-likeness (QED) is 0.847. The number of aromatic nitrogens is 1. The van der Waals surface area contributed by atoms with E-state index in [0.29, 0.717) is 5.56 Å². The van der Waals surface area contributed by atoms with Crippen LogP contribution < -0.4 is 4.90 Å². The van der Waals surface area contributed by atoms with E-state index in [1.165, 1.54) is 0 Å². The SMILES string of the molecule is CN(C(=O)c1cc[nH]c1)c1ccccc1I. The maximum atomic E-state index is 12.1. The molecule has 1 amide bonds. The number of hydrogen-bond donors (Lipinski definition) is 1. The van der Waals surface area contributed by atoms with Gasteiger partial charge in [0.05, 0.1) is 11.3 Å². The van der Waals surface area contributed by atoms with Gasteiger partial charge in [0.2, 0.25) is 0 Å². The average molecular weight is 326 g/mol. The molecule has 2 rings (SSSR count). The standard InChI is InChI=1S/C12H11IN2O/c1-15(11-5-3-2-4-10(11)13)12(16)9-6-7-14-8-9/h2-8,14H,1H3. The van der Waals surface area contributed by atoms with Crippen LogP contribution in [-0.2, 0) is 0 Å². The Kier molecular flexibility index (Phi) is 3.28. The van der Waals surface area contributed by atoms with Crippen LogP contribution in [0.1, 0.15) is 10.4 Å². The van der Waals surface area contributed by atoms with E-state index in [1.807, 2.05) is 24.3 Å². The topological polar surface area (TPSA) is 36.1 Å². The van der Waals surface area contributed by atoms with Gasteiger partial charge in [0.25, 0.3) is 5.91 Å². The number of benzene rings is 1. The van der Waals surface area contributed by atoms with Crippen molar-refractivity contribution in [2.24, 2.45) is 0 Å². The third-order valence-corrected chi connectivity index (χ3v) is 3.28. The van der Waals surface area contributed by atoms with E-state index in [0.717, 1.165) is 9.26 Å². The highest BCUT2D eigenvalue weighted by Crippen LogP contribution is 2.22. The van der Waals surface area contributed by atoms with Crippen LogP contribution in [0.3, 0.4) is 0 Å². The molecule has 0 bridgehead atoms. The second-order valence-corrected chi connectivity index (χ2v) is 4.58. The van der Waals surface area contributed by atoms with Crippen molar-refractivity contribution < 1.29 is 4.79 Å². The predicted molar refractivity (Wildman–Crippen MR) is 72.7 cm³/mol. The lowest BCUT2D eigenvalue weighted by atomic mass is 10.2. The third kappa shape index (κ3) is 2.11. The van der Waals surface area contributed by atoms with Crippen LogP contribution in [0.5, 0.6) is 0 Å². The minimum Gasteiger partial charge on any atom is -0.367 e. The molecule has 1 heterocycles. The van der Waals surface area contributed by atoms with Gasteiger partial charge in [-0.25, -0.2) is 0 Å². The Morgan fingerprint density at radius 3 is 2.69 bits per heavy atom. The molecule has 82 valence electrons. The van der Waals surface area contributed by atoms with Crippen LogP contribution in [0, 0.1) is 3.57 Å². The Balaban J connectivity index is 2.30. The average Bonchev–Trinajstić information content (AvgIpc) is 2.81. The second kappa shape index (κ2) is 4.69. The maximum absolute atomic E-state index is 12.1. The number of amides is 1. The van der Waals surface area contributed by atoms with E-state index >= 15 is 0 Å². The summed E-state index contributed by atoms with van der Waals surface area (Å²) in [5.41, 5.74) is 1.59. The van der Waals surface area contributed by atoms with E-state index in [-0.39, 0.29) is 5.91 Å². The van der Waals surface area contributed by atoms with Crippen molar-refractivity contribution in [2.45, 2.75) is 0 Å². The van der Waals surface area contributed by atoms with Gasteiger partial charge in [0, 0.05) is 23.0 Å². The highest BCUT2D eigenvalue weighted by molar-refractivity contribution is 14.1. The molecule has 1 aromatic carbocycles. The maximum Gasteiger partial charge on any atom is 0.259 e. The van der Waals surface area contributed by atoms with Crippen molar-refractivity contribution in [3.63, 3.8) is 0 Å². The van der Waals surface area contributed by atoms with Gasteiger partial charge in [-0.3, -0.25) is 4.79 Å². The summed E-state index contributed by atoms with van der Waals surface area (Å²) >= 11 is 2.23. The highest BCUT2D eigenvalue weighted by atomic mass is 127. The number of anilines is 1. The summed E-state index contributed by atoms with van der Waals surface area (Å²) in [5, 5.41) is 0. The van der Waals surface area contributed by atoms with Crippen molar-refractivity contribution in [2.75, 3.05) is 11.9 Å². The first-order valence-electron chi connectivity index (χ1n) is 4.85. The molecule has 0 unspecified atom stereocenters. The number of halogens is 1. The molecule has 16 heavy (non-hydrogen) atoms. The van der Waals surface area contributed by atoms with Crippen LogP contribution >= 0.6 is 22.6 Å². The molecule has 0 aliphatic carbocycles. The highest BCUT2D eigenvalue weighted by Gasteiger charge is 2.15. The largest absolute Gasteiger partial charge is 0.367 e. The number of carbonyl (C=O) groups excluding carboxylic acids is 1. The molecule has 0 fully saturated rings. The van der Waals surface area contributed by atoms with Crippen molar-refractivity contribution in [1.82, 2.24) is 4.98 Å². The molecule has 0 spiro atoms. The zero-order valence-corrected chi connectivity index (χ0v) is 10.9. The molecule has 1 aromatic heterocycles. The van der Waals surface area contributed by atoms with E-state index in [2.05, 4.69) is 27.6 Å². The van der Waals surface area contributed by atoms with E-state index in [9.17, 15) is 4.79 Å². The lowest BCUT2D eigenvalue weighted by Crippen LogP contribution is -2.26. The predicted octanol–water partition coefficient (Wildman–Crippen LogP) is 2.90. The molecule has 0 aliphatic heterocycles. The van der Waals surface area contributed by atoms with Crippen molar-refractivity contribution in [3.05, 3.63) is 51.9 Å². The van der Waals surface area contributed by atoms with Crippen molar-refractivity contribution in [3.8, 4) is 0 Å². The number of aromatic amines is 1. The monoisotopic (exact) mass is 326 g/mol. The molecule has 4 heteroatoms. The first-order valence-corrected chi connectivity index (χ1v) is 5.93. The van der Waals surface area contributed by atoms with Crippen LogP contribution in [0.15, 0.2) is 42.7 Å². The molecule has 2 aromatic rings. The summed E-state index contributed by atoms with van der Waals surface area (Å²) in [5.74, 6) is -0.00892. The number of nitrogens with one attached hydrogen (secondary N) is 1. The summed E-state index contributed by atoms with van der Waals surface area (Å²) in [7, 11) is 1.78. The normalized spacial score (nSPS) is 10.1. The first-order chi connectivity index (χ1) is 7.70. The van der Waals surface area contributed by atoms with Gasteiger partial charge >= 0.3 is 0 Å². The number of H-pyrrole nitrogens is 1. The second-order valence-electron chi connectivity index (χ2n) is 3.42. The van der Waals surface area contributed by atoms with E-state index < -0.39 is 0 Å². The molecule has 0 atom stereocenters. The molecule has 0 saturated carbocycles. The molecule has 1 N–H and O–H groups in total. The Bertz CT molecular complexity index is 493. The lowest BCUT2D eigenvalue weighted by Gasteiger charge is -2.17. The summed E-state index contributed by atoms with van der Waals surface area (Å²) in [6, 6.07) is 9.58. The fraction of sp³-hybridized carbons (Fsp3) is 0.0833. The molecule has 3 nitrogen and oxygen atoms in total. The van der Waals surface area contributed by atoms with Gasteiger partial charge in [0.1, 0.15) is 0 Å². The van der Waals surface area contributed by atoms with Crippen LogP contribution in [0.4, 0.5) is 5.69 Å². The third-order valence-electron chi connectivity index (χ3n) is 2.36. The van der Waals surface area contributed by atoms with Gasteiger partial charge < -0.3 is 9.88 Å². The van der Waals surface area contributed by atoms with Crippen LogP contribution in [0.25, 0.3) is 0 Å². The summed E-state index contributed by atoms with van der Waals surface area (Å²) in [4.78, 5) is 16.6. The van der Waals surface area contributed by atoms with Crippen LogP contribution in [0.2, 0.25) is 0 Å². The zero-order chi connectivity index (χ0) is 11.5. The molecular weight excluding hydrogens is 315 g/mol. The van der Waals surface area contributed by atoms with Crippen molar-refractivity contribution in [1.29, 1.82) is 0 Å². The number of para-hydroxylation sites is 1. The summed E-state index contributed by atoms with van der Waals surface area (Å²) < 4.78 is 1.06. The van der Waals surface area contributed by atoms with Crippen LogP contribution in [-0.4, -0.2) is 17.9 Å². The van der Waals surface area contributed by atoms with Crippen molar-refractivity contribution >= 4 is 34.2 Å². The molecule has 0 radical (unpaired) electrons. The first kappa shape index (κ1) is 11.2. The zero-order valence-electron chi connectivity index (χ0n) is 8.77. The fourth-order valence-electron chi connectivity index (χ4n) is 1.48. The minimum absolute atomic E-state index is 0.00892. The van der Waals surface area contributed by atoms with Gasteiger partial charge in [-0.05, 0) is 40.8 Å². The summed E-state index contributed by atoms with van der Waals surface area (Å²) in [6.45, 7) is 0. The Morgan fingerprint density at radius 2 is 2.06 bits per heavy atom. The van der Waals surface area contributed by atoms with Gasteiger partial charge in [-0.2, -0.15) is 0 Å². The Morgan fingerprint density at radius 1 is 1.31 bits per heavy atom. The minimum atomic E-state index is -0.00892. The number of rotatable bonds is 2. The smallest absolute Gasteiger partial charge is 0.259 e. The number of carbonyl (C=O) groups is 1. The summed E-state index contributed by atoms with van der Waals surface area (Å²) in [6.07, 6.45) is 3.45. The fourth-order valence-corrected chi connectivity index (χ4v) is 2.23. The van der Waals surface area contributed by atoms with E-state index in [4.69, 9.17) is 0 Å².